The Morgan fingerprint density at radius 3 is 2.71 bits per heavy atom. The largest absolute Gasteiger partial charge is 0.496 e. The summed E-state index contributed by atoms with van der Waals surface area (Å²) in [5.74, 6) is 1.06. The molecular formula is C10H13BrClNO. The summed E-state index contributed by atoms with van der Waals surface area (Å²) < 4.78 is 6.10. The van der Waals surface area contributed by atoms with E-state index in [1.165, 1.54) is 0 Å². The molecule has 78 valence electrons. The van der Waals surface area contributed by atoms with Gasteiger partial charge in [-0.3, -0.25) is 0 Å². The summed E-state index contributed by atoms with van der Waals surface area (Å²) in [5.41, 5.74) is 6.65. The monoisotopic (exact) mass is 277 g/mol. The fourth-order valence-electron chi connectivity index (χ4n) is 1.23. The molecule has 0 aliphatic carbocycles. The molecule has 0 heterocycles. The predicted molar refractivity (Wildman–Crippen MR) is 63.2 cm³/mol. The summed E-state index contributed by atoms with van der Waals surface area (Å²) >= 11 is 9.35. The zero-order valence-electron chi connectivity index (χ0n) is 8.18. The van der Waals surface area contributed by atoms with Gasteiger partial charge in [-0.2, -0.15) is 0 Å². The lowest BCUT2D eigenvalue weighted by Gasteiger charge is -2.14. The van der Waals surface area contributed by atoms with Crippen molar-refractivity contribution < 1.29 is 4.74 Å². The molecule has 14 heavy (non-hydrogen) atoms. The van der Waals surface area contributed by atoms with Gasteiger partial charge in [0.05, 0.1) is 12.1 Å². The molecule has 0 aliphatic rings. The number of ether oxygens (including phenoxy) is 1. The van der Waals surface area contributed by atoms with Gasteiger partial charge in [0.15, 0.2) is 0 Å². The molecule has 0 bridgehead atoms. The fraction of sp³-hybridized carbons (Fsp3) is 0.400. The summed E-state index contributed by atoms with van der Waals surface area (Å²) in [5, 5.41) is 0.682. The van der Waals surface area contributed by atoms with Crippen LogP contribution in [0.15, 0.2) is 16.6 Å². The van der Waals surface area contributed by atoms with Crippen LogP contribution in [0.5, 0.6) is 5.75 Å². The molecule has 1 aromatic rings. The van der Waals surface area contributed by atoms with E-state index in [-0.39, 0.29) is 5.92 Å². The summed E-state index contributed by atoms with van der Waals surface area (Å²) in [6.07, 6.45) is 0. The summed E-state index contributed by atoms with van der Waals surface area (Å²) in [7, 11) is 1.64. The Labute approximate surface area is 97.5 Å². The Hall–Kier alpha value is -0.250. The van der Waals surface area contributed by atoms with Gasteiger partial charge in [-0.15, -0.1) is 0 Å². The molecule has 4 heteroatoms. The van der Waals surface area contributed by atoms with Gasteiger partial charge in [0, 0.05) is 4.47 Å². The number of benzene rings is 1. The van der Waals surface area contributed by atoms with Gasteiger partial charge >= 0.3 is 0 Å². The second kappa shape index (κ2) is 5.01. The molecule has 0 aliphatic heterocycles. The molecule has 0 fully saturated rings. The van der Waals surface area contributed by atoms with Crippen LogP contribution in [0.3, 0.4) is 0 Å². The molecule has 1 atom stereocenters. The van der Waals surface area contributed by atoms with Gasteiger partial charge in [-0.05, 0) is 46.1 Å². The number of halogens is 2. The fourth-order valence-corrected chi connectivity index (χ4v) is 1.73. The first-order valence-corrected chi connectivity index (χ1v) is 5.50. The van der Waals surface area contributed by atoms with Gasteiger partial charge in [0.25, 0.3) is 0 Å². The SMILES string of the molecule is COc1cc(Br)c(Cl)cc1C(C)CN. The molecule has 0 amide bonds. The maximum absolute atomic E-state index is 6.00. The zero-order valence-corrected chi connectivity index (χ0v) is 10.5. The molecule has 0 saturated heterocycles. The van der Waals surface area contributed by atoms with E-state index in [4.69, 9.17) is 22.1 Å². The van der Waals surface area contributed by atoms with Gasteiger partial charge in [0.2, 0.25) is 0 Å². The van der Waals surface area contributed by atoms with Crippen LogP contribution in [0.2, 0.25) is 5.02 Å². The number of rotatable bonds is 3. The van der Waals surface area contributed by atoms with Crippen LogP contribution < -0.4 is 10.5 Å². The van der Waals surface area contributed by atoms with Gasteiger partial charge in [-0.1, -0.05) is 18.5 Å². The molecule has 0 saturated carbocycles. The summed E-state index contributed by atoms with van der Waals surface area (Å²) in [6, 6.07) is 3.76. The van der Waals surface area contributed by atoms with Crippen molar-refractivity contribution in [3.8, 4) is 5.75 Å². The minimum atomic E-state index is 0.246. The van der Waals surface area contributed by atoms with Crippen molar-refractivity contribution in [2.75, 3.05) is 13.7 Å². The third-order valence-corrected chi connectivity index (χ3v) is 3.35. The van der Waals surface area contributed by atoms with Gasteiger partial charge in [0.1, 0.15) is 5.75 Å². The van der Waals surface area contributed by atoms with Crippen molar-refractivity contribution in [3.63, 3.8) is 0 Å². The lowest BCUT2D eigenvalue weighted by molar-refractivity contribution is 0.406. The van der Waals surface area contributed by atoms with Crippen LogP contribution in [0.1, 0.15) is 18.4 Å². The third kappa shape index (κ3) is 2.41. The highest BCUT2D eigenvalue weighted by molar-refractivity contribution is 9.10. The van der Waals surface area contributed by atoms with Crippen molar-refractivity contribution in [3.05, 3.63) is 27.2 Å². The molecule has 1 rings (SSSR count). The van der Waals surface area contributed by atoms with Crippen LogP contribution in [0.25, 0.3) is 0 Å². The number of nitrogens with two attached hydrogens (primary N) is 1. The normalized spacial score (nSPS) is 12.6. The molecule has 1 aromatic carbocycles. The molecular weight excluding hydrogens is 265 g/mol. The van der Waals surface area contributed by atoms with E-state index < -0.39 is 0 Å². The van der Waals surface area contributed by atoms with Crippen LogP contribution in [-0.2, 0) is 0 Å². The maximum atomic E-state index is 6.00. The van der Waals surface area contributed by atoms with E-state index in [1.807, 2.05) is 19.1 Å². The summed E-state index contributed by atoms with van der Waals surface area (Å²) in [4.78, 5) is 0. The topological polar surface area (TPSA) is 35.2 Å². The lowest BCUT2D eigenvalue weighted by atomic mass is 10.0. The zero-order chi connectivity index (χ0) is 10.7. The summed E-state index contributed by atoms with van der Waals surface area (Å²) in [6.45, 7) is 2.62. The maximum Gasteiger partial charge on any atom is 0.123 e. The minimum absolute atomic E-state index is 0.246. The first kappa shape index (κ1) is 11.8. The molecule has 0 radical (unpaired) electrons. The van der Waals surface area contributed by atoms with E-state index in [2.05, 4.69) is 15.9 Å². The first-order valence-electron chi connectivity index (χ1n) is 4.33. The average molecular weight is 279 g/mol. The van der Waals surface area contributed by atoms with Crippen LogP contribution in [0.4, 0.5) is 0 Å². The lowest BCUT2D eigenvalue weighted by Crippen LogP contribution is -2.10. The van der Waals surface area contributed by atoms with E-state index in [1.54, 1.807) is 7.11 Å². The number of methoxy groups -OCH3 is 1. The Morgan fingerprint density at radius 1 is 1.57 bits per heavy atom. The van der Waals surface area contributed by atoms with E-state index in [0.29, 0.717) is 11.6 Å². The second-order valence-corrected chi connectivity index (χ2v) is 4.41. The Bertz CT molecular complexity index is 330. The Balaban J connectivity index is 3.19. The quantitative estimate of drug-likeness (QED) is 0.922. The van der Waals surface area contributed by atoms with Crippen molar-refractivity contribution in [1.29, 1.82) is 0 Å². The average Bonchev–Trinajstić information content (AvgIpc) is 2.20. The Morgan fingerprint density at radius 2 is 2.21 bits per heavy atom. The highest BCUT2D eigenvalue weighted by Gasteiger charge is 2.12. The molecule has 1 unspecified atom stereocenters. The van der Waals surface area contributed by atoms with Crippen LogP contribution in [0, 0.1) is 0 Å². The van der Waals surface area contributed by atoms with Crippen molar-refractivity contribution in [2.24, 2.45) is 5.73 Å². The predicted octanol–water partition coefficient (Wildman–Crippen LogP) is 3.17. The highest BCUT2D eigenvalue weighted by Crippen LogP contribution is 2.34. The second-order valence-electron chi connectivity index (χ2n) is 3.15. The van der Waals surface area contributed by atoms with Crippen molar-refractivity contribution in [2.45, 2.75) is 12.8 Å². The third-order valence-electron chi connectivity index (χ3n) is 2.16. The van der Waals surface area contributed by atoms with Crippen molar-refractivity contribution in [1.82, 2.24) is 0 Å². The standard InChI is InChI=1S/C10H13BrClNO/c1-6(5-13)7-3-9(12)8(11)4-10(7)14-2/h3-4,6H,5,13H2,1-2H3. The van der Waals surface area contributed by atoms with E-state index >= 15 is 0 Å². The highest BCUT2D eigenvalue weighted by atomic mass is 79.9. The molecule has 2 N–H and O–H groups in total. The Kier molecular flexibility index (Phi) is 4.23. The van der Waals surface area contributed by atoms with Crippen LogP contribution >= 0.6 is 27.5 Å². The molecule has 0 spiro atoms. The van der Waals surface area contributed by atoms with E-state index in [9.17, 15) is 0 Å². The van der Waals surface area contributed by atoms with Crippen molar-refractivity contribution >= 4 is 27.5 Å². The first-order chi connectivity index (χ1) is 6.60. The minimum Gasteiger partial charge on any atom is -0.496 e. The van der Waals surface area contributed by atoms with Crippen LogP contribution in [-0.4, -0.2) is 13.7 Å². The number of hydrogen-bond donors (Lipinski definition) is 1. The van der Waals surface area contributed by atoms with Gasteiger partial charge in [-0.25, -0.2) is 0 Å². The van der Waals surface area contributed by atoms with Gasteiger partial charge < -0.3 is 10.5 Å². The van der Waals surface area contributed by atoms with E-state index in [0.717, 1.165) is 15.8 Å². The molecule has 2 nitrogen and oxygen atoms in total. The molecule has 0 aromatic heterocycles. The number of hydrogen-bond acceptors (Lipinski definition) is 2. The smallest absolute Gasteiger partial charge is 0.123 e.